The van der Waals surface area contributed by atoms with Crippen molar-refractivity contribution in [2.24, 2.45) is 17.8 Å². The molecule has 0 aliphatic heterocycles. The van der Waals surface area contributed by atoms with Crippen molar-refractivity contribution in [1.29, 1.82) is 10.5 Å². The lowest BCUT2D eigenvalue weighted by Gasteiger charge is -2.33. The summed E-state index contributed by atoms with van der Waals surface area (Å²) in [5, 5.41) is 19.2. The van der Waals surface area contributed by atoms with E-state index in [-0.39, 0.29) is 18.0 Å². The Balaban J connectivity index is 2.20. The molecule has 0 saturated carbocycles. The van der Waals surface area contributed by atoms with E-state index in [1.54, 1.807) is 36.4 Å². The van der Waals surface area contributed by atoms with Crippen LogP contribution in [0.15, 0.2) is 91.0 Å². The Morgan fingerprint density at radius 3 is 1.57 bits per heavy atom. The molecule has 0 aliphatic rings. The molecule has 0 aromatic heterocycles. The quantitative estimate of drug-likeness (QED) is 0.435. The van der Waals surface area contributed by atoms with Crippen molar-refractivity contribution >= 4 is 11.6 Å². The van der Waals surface area contributed by atoms with Crippen LogP contribution in [0.25, 0.3) is 0 Å². The first kappa shape index (κ1) is 25.6. The van der Waals surface area contributed by atoms with Crippen LogP contribution in [0.5, 0.6) is 0 Å². The Hall–Kier alpha value is -4.06. The standard InChI is InChI=1S/C30H29N3O2/c1-33(2)21-27(30(35)25-16-10-5-11-17-25)28(23-12-6-3-7-13-23)26(18-22(19-31)20-32)29(34)24-14-8-4-9-15-24/h3-17,22,26-28H,18,21H2,1-2H3/p+1/t26-,27+,28+/m1/s1. The number of benzene rings is 3. The molecule has 3 atom stereocenters. The summed E-state index contributed by atoms with van der Waals surface area (Å²) in [6.45, 7) is 0.496. The van der Waals surface area contributed by atoms with Gasteiger partial charge in [0.2, 0.25) is 0 Å². The van der Waals surface area contributed by atoms with Crippen molar-refractivity contribution in [2.45, 2.75) is 12.3 Å². The third-order valence-corrected chi connectivity index (χ3v) is 6.27. The molecule has 3 rings (SSSR count). The summed E-state index contributed by atoms with van der Waals surface area (Å²) in [4.78, 5) is 28.9. The fourth-order valence-electron chi connectivity index (χ4n) is 4.68. The number of nitrogens with one attached hydrogen (secondary N) is 1. The summed E-state index contributed by atoms with van der Waals surface area (Å²) in [6, 6.07) is 31.7. The van der Waals surface area contributed by atoms with Gasteiger partial charge in [0, 0.05) is 23.0 Å². The van der Waals surface area contributed by atoms with Gasteiger partial charge in [0.1, 0.15) is 5.92 Å². The van der Waals surface area contributed by atoms with Crippen molar-refractivity contribution < 1.29 is 14.5 Å². The van der Waals surface area contributed by atoms with Gasteiger partial charge in [0.25, 0.3) is 0 Å². The van der Waals surface area contributed by atoms with Crippen molar-refractivity contribution in [2.75, 3.05) is 20.6 Å². The van der Waals surface area contributed by atoms with E-state index in [0.717, 1.165) is 10.5 Å². The lowest BCUT2D eigenvalue weighted by molar-refractivity contribution is -0.861. The normalized spacial score (nSPS) is 13.4. The minimum Gasteiger partial charge on any atom is -0.339 e. The molecule has 0 unspecified atom stereocenters. The second kappa shape index (κ2) is 12.4. The maximum atomic E-state index is 13.9. The largest absolute Gasteiger partial charge is 0.339 e. The average molecular weight is 465 g/mol. The minimum absolute atomic E-state index is 0.0445. The zero-order valence-corrected chi connectivity index (χ0v) is 20.1. The van der Waals surface area contributed by atoms with E-state index in [0.29, 0.717) is 17.7 Å². The number of carbonyl (C=O) groups is 2. The van der Waals surface area contributed by atoms with Crippen LogP contribution in [-0.4, -0.2) is 32.2 Å². The van der Waals surface area contributed by atoms with Gasteiger partial charge in [-0.3, -0.25) is 9.59 Å². The van der Waals surface area contributed by atoms with Crippen LogP contribution in [0.3, 0.4) is 0 Å². The van der Waals surface area contributed by atoms with Gasteiger partial charge in [-0.15, -0.1) is 0 Å². The summed E-state index contributed by atoms with van der Waals surface area (Å²) < 4.78 is 0. The Morgan fingerprint density at radius 2 is 1.14 bits per heavy atom. The van der Waals surface area contributed by atoms with E-state index in [2.05, 4.69) is 0 Å². The third-order valence-electron chi connectivity index (χ3n) is 6.27. The summed E-state index contributed by atoms with van der Waals surface area (Å²) in [7, 11) is 3.96. The number of ketones is 2. The SMILES string of the molecule is C[NH+](C)C[C@H](C(=O)c1ccccc1)[C@@H](c1ccccc1)[C@@H](CC(C#N)C#N)C(=O)c1ccccc1. The van der Waals surface area contributed by atoms with Gasteiger partial charge < -0.3 is 4.90 Å². The highest BCUT2D eigenvalue weighted by Crippen LogP contribution is 2.39. The number of nitriles is 2. The molecule has 5 nitrogen and oxygen atoms in total. The van der Waals surface area contributed by atoms with E-state index in [1.807, 2.05) is 80.8 Å². The van der Waals surface area contributed by atoms with Gasteiger partial charge in [-0.2, -0.15) is 10.5 Å². The molecule has 0 saturated heterocycles. The van der Waals surface area contributed by atoms with Crippen LogP contribution in [0.1, 0.15) is 38.6 Å². The lowest BCUT2D eigenvalue weighted by atomic mass is 9.68. The number of quaternary nitrogens is 1. The van der Waals surface area contributed by atoms with E-state index in [1.165, 1.54) is 0 Å². The van der Waals surface area contributed by atoms with Crippen LogP contribution >= 0.6 is 0 Å². The van der Waals surface area contributed by atoms with Crippen LogP contribution in [-0.2, 0) is 0 Å². The molecular weight excluding hydrogens is 434 g/mol. The van der Waals surface area contributed by atoms with Crippen LogP contribution < -0.4 is 4.90 Å². The van der Waals surface area contributed by atoms with Gasteiger partial charge >= 0.3 is 0 Å². The summed E-state index contributed by atoms with van der Waals surface area (Å²) >= 11 is 0. The number of hydrogen-bond donors (Lipinski definition) is 1. The first-order chi connectivity index (χ1) is 17.0. The predicted octanol–water partition coefficient (Wildman–Crippen LogP) is 3.97. The molecule has 0 heterocycles. The fraction of sp³-hybridized carbons (Fsp3) is 0.267. The molecule has 0 radical (unpaired) electrons. The molecule has 5 heteroatoms. The van der Waals surface area contributed by atoms with Crippen LogP contribution in [0.2, 0.25) is 0 Å². The number of Topliss-reactive ketones (excluding diaryl/α,β-unsaturated/α-hetero) is 2. The molecule has 0 spiro atoms. The van der Waals surface area contributed by atoms with Crippen LogP contribution in [0, 0.1) is 40.4 Å². The minimum atomic E-state index is -0.960. The van der Waals surface area contributed by atoms with E-state index in [9.17, 15) is 20.1 Å². The first-order valence-corrected chi connectivity index (χ1v) is 11.8. The van der Waals surface area contributed by atoms with E-state index < -0.39 is 23.7 Å². The fourth-order valence-corrected chi connectivity index (χ4v) is 4.68. The molecule has 35 heavy (non-hydrogen) atoms. The summed E-state index contributed by atoms with van der Waals surface area (Å²) in [5.74, 6) is -2.91. The Bertz CT molecular complexity index is 1180. The number of nitrogens with zero attached hydrogens (tertiary/aromatic N) is 2. The van der Waals surface area contributed by atoms with Gasteiger partial charge in [0.05, 0.1) is 38.7 Å². The molecule has 0 fully saturated rings. The van der Waals surface area contributed by atoms with Crippen molar-refractivity contribution in [1.82, 2.24) is 0 Å². The Kier molecular flexibility index (Phi) is 9.07. The average Bonchev–Trinajstić information content (AvgIpc) is 2.90. The third kappa shape index (κ3) is 6.51. The molecular formula is C30H30N3O2+. The number of carbonyl (C=O) groups excluding carboxylic acids is 2. The molecule has 0 amide bonds. The van der Waals surface area contributed by atoms with Gasteiger partial charge in [-0.05, 0) is 12.0 Å². The van der Waals surface area contributed by atoms with Crippen LogP contribution in [0.4, 0.5) is 0 Å². The lowest BCUT2D eigenvalue weighted by Crippen LogP contribution is -3.06. The monoisotopic (exact) mass is 464 g/mol. The second-order valence-corrected chi connectivity index (χ2v) is 9.07. The zero-order valence-electron chi connectivity index (χ0n) is 20.1. The molecule has 0 aliphatic carbocycles. The second-order valence-electron chi connectivity index (χ2n) is 9.07. The van der Waals surface area contributed by atoms with Crippen molar-refractivity contribution in [3.63, 3.8) is 0 Å². The molecule has 0 bridgehead atoms. The van der Waals surface area contributed by atoms with Crippen molar-refractivity contribution in [3.8, 4) is 12.1 Å². The molecule has 176 valence electrons. The van der Waals surface area contributed by atoms with Crippen molar-refractivity contribution in [3.05, 3.63) is 108 Å². The molecule has 3 aromatic rings. The van der Waals surface area contributed by atoms with Gasteiger partial charge in [0.15, 0.2) is 11.6 Å². The summed E-state index contributed by atoms with van der Waals surface area (Å²) in [6.07, 6.45) is 0.0572. The number of rotatable bonds is 11. The topological polar surface area (TPSA) is 86.2 Å². The first-order valence-electron chi connectivity index (χ1n) is 11.8. The highest BCUT2D eigenvalue weighted by atomic mass is 16.1. The maximum absolute atomic E-state index is 13.9. The van der Waals surface area contributed by atoms with E-state index in [4.69, 9.17) is 0 Å². The summed E-state index contributed by atoms with van der Waals surface area (Å²) in [5.41, 5.74) is 1.95. The Morgan fingerprint density at radius 1 is 0.714 bits per heavy atom. The smallest absolute Gasteiger partial charge is 0.172 e. The highest BCUT2D eigenvalue weighted by Gasteiger charge is 2.42. The Labute approximate surface area is 207 Å². The number of hydrogen-bond acceptors (Lipinski definition) is 4. The van der Waals surface area contributed by atoms with E-state index >= 15 is 0 Å². The molecule has 3 aromatic carbocycles. The van der Waals surface area contributed by atoms with Gasteiger partial charge in [-0.1, -0.05) is 91.0 Å². The van der Waals surface area contributed by atoms with Gasteiger partial charge in [-0.25, -0.2) is 0 Å². The highest BCUT2D eigenvalue weighted by molar-refractivity contribution is 6.01. The predicted molar refractivity (Wildman–Crippen MR) is 135 cm³/mol. The maximum Gasteiger partial charge on any atom is 0.172 e. The molecule has 1 N–H and O–H groups in total. The zero-order chi connectivity index (χ0) is 25.2.